The lowest BCUT2D eigenvalue weighted by Crippen LogP contribution is -2.32. The van der Waals surface area contributed by atoms with Gasteiger partial charge in [-0.05, 0) is 42.7 Å². The molecular formula is C20H22Cl2N2O4S. The Kier molecular flexibility index (Phi) is 7.40. The average Bonchev–Trinajstić information content (AvgIpc) is 3.18. The van der Waals surface area contributed by atoms with Crippen LogP contribution in [0.15, 0.2) is 47.4 Å². The minimum Gasteiger partial charge on any atom is -0.482 e. The van der Waals surface area contributed by atoms with E-state index in [4.69, 9.17) is 27.9 Å². The molecule has 1 aliphatic carbocycles. The molecule has 0 aromatic heterocycles. The van der Waals surface area contributed by atoms with Gasteiger partial charge in [-0.15, -0.1) is 0 Å². The molecule has 0 radical (unpaired) electrons. The normalized spacial score (nSPS) is 14.7. The lowest BCUT2D eigenvalue weighted by atomic mass is 10.2. The van der Waals surface area contributed by atoms with Gasteiger partial charge in [-0.1, -0.05) is 54.2 Å². The van der Waals surface area contributed by atoms with Gasteiger partial charge in [-0.25, -0.2) is 13.1 Å². The van der Waals surface area contributed by atoms with Crippen molar-refractivity contribution in [2.45, 2.75) is 43.2 Å². The van der Waals surface area contributed by atoms with Crippen molar-refractivity contribution >= 4 is 39.1 Å². The second kappa shape index (κ2) is 9.80. The van der Waals surface area contributed by atoms with Gasteiger partial charge in [0.25, 0.3) is 5.91 Å². The van der Waals surface area contributed by atoms with E-state index in [9.17, 15) is 13.2 Å². The maximum Gasteiger partial charge on any atom is 0.258 e. The third-order valence-corrected chi connectivity index (χ3v) is 6.87. The zero-order valence-electron chi connectivity index (χ0n) is 15.7. The van der Waals surface area contributed by atoms with Gasteiger partial charge in [0.15, 0.2) is 6.61 Å². The second-order valence-electron chi connectivity index (χ2n) is 6.85. The third-order valence-electron chi connectivity index (χ3n) is 4.68. The SMILES string of the molecule is O=C(COc1ccc(S(=O)(=O)NC2CCCC2)cc1Cl)NCc1ccccc1Cl. The van der Waals surface area contributed by atoms with Crippen LogP contribution in [0.2, 0.25) is 10.0 Å². The summed E-state index contributed by atoms with van der Waals surface area (Å²) in [5.74, 6) is -0.111. The molecule has 1 amide bonds. The highest BCUT2D eigenvalue weighted by molar-refractivity contribution is 7.89. The topological polar surface area (TPSA) is 84.5 Å². The third kappa shape index (κ3) is 6.09. The van der Waals surface area contributed by atoms with Crippen molar-refractivity contribution in [3.63, 3.8) is 0 Å². The molecule has 1 saturated carbocycles. The number of nitrogens with one attached hydrogen (secondary N) is 2. The van der Waals surface area contributed by atoms with Gasteiger partial charge in [0, 0.05) is 17.6 Å². The average molecular weight is 457 g/mol. The largest absolute Gasteiger partial charge is 0.482 e. The van der Waals surface area contributed by atoms with E-state index >= 15 is 0 Å². The summed E-state index contributed by atoms with van der Waals surface area (Å²) >= 11 is 12.2. The van der Waals surface area contributed by atoms with Gasteiger partial charge in [0.1, 0.15) is 5.75 Å². The fraction of sp³-hybridized carbons (Fsp3) is 0.350. The predicted molar refractivity (Wildman–Crippen MR) is 113 cm³/mol. The van der Waals surface area contributed by atoms with Gasteiger partial charge < -0.3 is 10.1 Å². The lowest BCUT2D eigenvalue weighted by Gasteiger charge is -2.14. The van der Waals surface area contributed by atoms with E-state index in [1.807, 2.05) is 18.2 Å². The smallest absolute Gasteiger partial charge is 0.258 e. The van der Waals surface area contributed by atoms with Crippen molar-refractivity contribution in [3.8, 4) is 5.75 Å². The number of amides is 1. The quantitative estimate of drug-likeness (QED) is 0.630. The Balaban J connectivity index is 1.55. The van der Waals surface area contributed by atoms with Crippen LogP contribution in [-0.2, 0) is 21.4 Å². The van der Waals surface area contributed by atoms with Crippen LogP contribution in [0.25, 0.3) is 0 Å². The Labute approximate surface area is 180 Å². The van der Waals surface area contributed by atoms with E-state index < -0.39 is 10.0 Å². The highest BCUT2D eigenvalue weighted by Gasteiger charge is 2.23. The molecular weight excluding hydrogens is 435 g/mol. The molecule has 0 saturated heterocycles. The zero-order chi connectivity index (χ0) is 20.9. The summed E-state index contributed by atoms with van der Waals surface area (Å²) in [4.78, 5) is 12.1. The lowest BCUT2D eigenvalue weighted by molar-refractivity contribution is -0.123. The van der Waals surface area contributed by atoms with Crippen LogP contribution in [0, 0.1) is 0 Å². The van der Waals surface area contributed by atoms with Crippen molar-refractivity contribution in [3.05, 3.63) is 58.1 Å². The maximum atomic E-state index is 12.5. The standard InChI is InChI=1S/C20H22Cl2N2O4S/c21-17-8-4-1-5-14(17)12-23-20(25)13-28-19-10-9-16(11-18(19)22)29(26,27)24-15-6-2-3-7-15/h1,4-5,8-11,15,24H,2-3,6-7,12-13H2,(H,23,25). The van der Waals surface area contributed by atoms with Gasteiger partial charge in [0.2, 0.25) is 10.0 Å². The summed E-state index contributed by atoms with van der Waals surface area (Å²) in [6, 6.07) is 11.4. The number of hydrogen-bond acceptors (Lipinski definition) is 4. The number of benzene rings is 2. The molecule has 2 N–H and O–H groups in total. The highest BCUT2D eigenvalue weighted by atomic mass is 35.5. The van der Waals surface area contributed by atoms with Crippen LogP contribution in [0.5, 0.6) is 5.75 Å². The molecule has 29 heavy (non-hydrogen) atoms. The molecule has 0 unspecified atom stereocenters. The number of sulfonamides is 1. The fourth-order valence-corrected chi connectivity index (χ4v) is 4.96. The van der Waals surface area contributed by atoms with Crippen LogP contribution >= 0.6 is 23.2 Å². The zero-order valence-corrected chi connectivity index (χ0v) is 18.0. The Hall–Kier alpha value is -1.80. The number of carbonyl (C=O) groups is 1. The molecule has 0 heterocycles. The Morgan fingerprint density at radius 3 is 2.48 bits per heavy atom. The summed E-state index contributed by atoms with van der Waals surface area (Å²) in [6.45, 7) is 0.0240. The van der Waals surface area contributed by atoms with Gasteiger partial charge in [-0.3, -0.25) is 4.79 Å². The van der Waals surface area contributed by atoms with Gasteiger partial charge in [0.05, 0.1) is 9.92 Å². The second-order valence-corrected chi connectivity index (χ2v) is 9.38. The molecule has 9 heteroatoms. The predicted octanol–water partition coefficient (Wildman–Crippen LogP) is 3.91. The molecule has 0 aliphatic heterocycles. The van der Waals surface area contributed by atoms with Crippen molar-refractivity contribution in [2.75, 3.05) is 6.61 Å². The van der Waals surface area contributed by atoms with E-state index in [-0.39, 0.29) is 40.8 Å². The van der Waals surface area contributed by atoms with Crippen molar-refractivity contribution in [1.29, 1.82) is 0 Å². The fourth-order valence-electron chi connectivity index (χ4n) is 3.13. The molecule has 6 nitrogen and oxygen atoms in total. The first kappa shape index (κ1) is 21.9. The number of carbonyl (C=O) groups excluding carboxylic acids is 1. The van der Waals surface area contributed by atoms with Crippen molar-refractivity contribution in [2.24, 2.45) is 0 Å². The summed E-state index contributed by atoms with van der Waals surface area (Å²) < 4.78 is 33.1. The van der Waals surface area contributed by atoms with Crippen LogP contribution in [0.1, 0.15) is 31.2 Å². The molecule has 2 aromatic carbocycles. The monoisotopic (exact) mass is 456 g/mol. The van der Waals surface area contributed by atoms with E-state index in [1.165, 1.54) is 18.2 Å². The van der Waals surface area contributed by atoms with E-state index in [2.05, 4.69) is 10.0 Å². The number of rotatable bonds is 8. The first-order valence-electron chi connectivity index (χ1n) is 9.30. The molecule has 0 atom stereocenters. The summed E-state index contributed by atoms with van der Waals surface area (Å²) in [5.41, 5.74) is 0.796. The summed E-state index contributed by atoms with van der Waals surface area (Å²) in [5, 5.41) is 3.40. The Morgan fingerprint density at radius 2 is 1.79 bits per heavy atom. The Bertz CT molecular complexity index is 976. The van der Waals surface area contributed by atoms with Crippen LogP contribution < -0.4 is 14.8 Å². The van der Waals surface area contributed by atoms with Gasteiger partial charge in [-0.2, -0.15) is 0 Å². The minimum atomic E-state index is -3.64. The molecule has 1 fully saturated rings. The van der Waals surface area contributed by atoms with E-state index in [0.29, 0.717) is 5.02 Å². The van der Waals surface area contributed by atoms with Crippen LogP contribution in [-0.4, -0.2) is 27.0 Å². The number of halogens is 2. The number of hydrogen-bond donors (Lipinski definition) is 2. The summed E-state index contributed by atoms with van der Waals surface area (Å²) in [6.07, 6.45) is 3.74. The van der Waals surface area contributed by atoms with Crippen molar-refractivity contribution in [1.82, 2.24) is 10.0 Å². The molecule has 3 rings (SSSR count). The molecule has 156 valence electrons. The molecule has 1 aliphatic rings. The summed E-state index contributed by atoms with van der Waals surface area (Å²) in [7, 11) is -3.64. The Morgan fingerprint density at radius 1 is 1.07 bits per heavy atom. The van der Waals surface area contributed by atoms with Crippen molar-refractivity contribution < 1.29 is 17.9 Å². The first-order chi connectivity index (χ1) is 13.8. The first-order valence-corrected chi connectivity index (χ1v) is 11.5. The maximum absolute atomic E-state index is 12.5. The van der Waals surface area contributed by atoms with Crippen LogP contribution in [0.3, 0.4) is 0 Å². The molecule has 0 spiro atoms. The van der Waals surface area contributed by atoms with Gasteiger partial charge >= 0.3 is 0 Å². The number of ether oxygens (including phenoxy) is 1. The minimum absolute atomic E-state index is 0.0310. The molecule has 0 bridgehead atoms. The van der Waals surface area contributed by atoms with E-state index in [0.717, 1.165) is 31.2 Å². The highest BCUT2D eigenvalue weighted by Crippen LogP contribution is 2.28. The van der Waals surface area contributed by atoms with E-state index in [1.54, 1.807) is 6.07 Å². The molecule has 2 aromatic rings. The van der Waals surface area contributed by atoms with Crippen LogP contribution in [0.4, 0.5) is 0 Å².